The molecule has 3 rings (SSSR count). The maximum absolute atomic E-state index is 11.8. The lowest BCUT2D eigenvalue weighted by atomic mass is 9.90. The zero-order valence-electron chi connectivity index (χ0n) is 11.1. The molecule has 2 nitrogen and oxygen atoms in total. The first kappa shape index (κ1) is 12.0. The van der Waals surface area contributed by atoms with Gasteiger partial charge in [0.25, 0.3) is 0 Å². The van der Waals surface area contributed by atoms with E-state index in [2.05, 4.69) is 30.1 Å². The first-order valence-electron chi connectivity index (χ1n) is 6.70. The maximum Gasteiger partial charge on any atom is 0.163 e. The van der Waals surface area contributed by atoms with Gasteiger partial charge in [0, 0.05) is 30.4 Å². The van der Waals surface area contributed by atoms with Crippen LogP contribution in [0.1, 0.15) is 28.8 Å². The third-order valence-corrected chi connectivity index (χ3v) is 3.77. The molecule has 0 aromatic heterocycles. The van der Waals surface area contributed by atoms with Crippen LogP contribution in [0.4, 0.5) is 11.4 Å². The number of carbonyl (C=O) groups excluding carboxylic acids is 1. The highest BCUT2D eigenvalue weighted by atomic mass is 16.1. The van der Waals surface area contributed by atoms with Crippen molar-refractivity contribution in [3.05, 3.63) is 59.7 Å². The number of rotatable bonds is 2. The van der Waals surface area contributed by atoms with Gasteiger partial charge < -0.3 is 4.90 Å². The summed E-state index contributed by atoms with van der Waals surface area (Å²) in [5, 5.41) is 0. The number of hydrogen-bond donors (Lipinski definition) is 0. The van der Waals surface area contributed by atoms with Gasteiger partial charge in [0.15, 0.2) is 5.78 Å². The molecule has 0 bridgehead atoms. The Bertz CT molecular complexity index is 604. The van der Waals surface area contributed by atoms with Crippen LogP contribution in [0.3, 0.4) is 0 Å². The molecule has 1 aliphatic carbocycles. The number of ketones is 1. The second-order valence-corrected chi connectivity index (χ2v) is 5.01. The first-order chi connectivity index (χ1) is 9.25. The van der Waals surface area contributed by atoms with Gasteiger partial charge in [0.05, 0.1) is 0 Å². The summed E-state index contributed by atoms with van der Waals surface area (Å²) in [5.41, 5.74) is 4.40. The highest BCUT2D eigenvalue weighted by molar-refractivity contribution is 5.98. The van der Waals surface area contributed by atoms with Crippen molar-refractivity contribution in [1.29, 1.82) is 0 Å². The molecule has 0 unspecified atom stereocenters. The first-order valence-corrected chi connectivity index (χ1v) is 6.70. The zero-order valence-corrected chi connectivity index (χ0v) is 11.1. The van der Waals surface area contributed by atoms with Crippen molar-refractivity contribution in [1.82, 2.24) is 0 Å². The molecule has 0 amide bonds. The average molecular weight is 251 g/mol. The summed E-state index contributed by atoms with van der Waals surface area (Å²) in [7, 11) is 2.06. The Balaban J connectivity index is 1.96. The molecule has 0 aliphatic heterocycles. The third kappa shape index (κ3) is 2.26. The van der Waals surface area contributed by atoms with E-state index in [1.165, 1.54) is 5.56 Å². The van der Waals surface area contributed by atoms with Crippen molar-refractivity contribution in [2.45, 2.75) is 19.3 Å². The summed E-state index contributed by atoms with van der Waals surface area (Å²) in [4.78, 5) is 14.0. The van der Waals surface area contributed by atoms with Crippen LogP contribution in [0.5, 0.6) is 0 Å². The van der Waals surface area contributed by atoms with E-state index in [1.807, 2.05) is 30.3 Å². The highest BCUT2D eigenvalue weighted by Gasteiger charge is 2.17. The fourth-order valence-electron chi connectivity index (χ4n) is 2.64. The summed E-state index contributed by atoms with van der Waals surface area (Å²) >= 11 is 0. The maximum atomic E-state index is 11.8. The van der Waals surface area contributed by atoms with Gasteiger partial charge in [-0.2, -0.15) is 0 Å². The summed E-state index contributed by atoms with van der Waals surface area (Å²) in [6, 6.07) is 16.4. The monoisotopic (exact) mass is 251 g/mol. The molecule has 0 spiro atoms. The lowest BCUT2D eigenvalue weighted by Crippen LogP contribution is -2.14. The van der Waals surface area contributed by atoms with Crippen molar-refractivity contribution >= 4 is 17.2 Å². The van der Waals surface area contributed by atoms with Gasteiger partial charge in [0.2, 0.25) is 0 Å². The van der Waals surface area contributed by atoms with Crippen molar-refractivity contribution < 1.29 is 4.79 Å². The van der Waals surface area contributed by atoms with Gasteiger partial charge in [0.1, 0.15) is 0 Å². The van der Waals surface area contributed by atoms with Crippen LogP contribution >= 0.6 is 0 Å². The van der Waals surface area contributed by atoms with E-state index < -0.39 is 0 Å². The topological polar surface area (TPSA) is 20.3 Å². The number of nitrogens with zero attached hydrogens (tertiary/aromatic N) is 1. The van der Waals surface area contributed by atoms with Crippen molar-refractivity contribution in [3.8, 4) is 0 Å². The fraction of sp³-hybridized carbons (Fsp3) is 0.235. The second-order valence-electron chi connectivity index (χ2n) is 5.01. The van der Waals surface area contributed by atoms with E-state index >= 15 is 0 Å². The Kier molecular flexibility index (Phi) is 3.08. The number of carbonyl (C=O) groups is 1. The number of para-hydroxylation sites is 1. The van der Waals surface area contributed by atoms with Gasteiger partial charge in [-0.1, -0.05) is 18.2 Å². The molecule has 0 radical (unpaired) electrons. The number of Topliss-reactive ketones (excluding diaryl/α,β-unsaturated/α-hetero) is 1. The van der Waals surface area contributed by atoms with Gasteiger partial charge in [-0.3, -0.25) is 4.79 Å². The third-order valence-electron chi connectivity index (χ3n) is 3.77. The lowest BCUT2D eigenvalue weighted by Gasteiger charge is -2.22. The zero-order chi connectivity index (χ0) is 13.2. The standard InChI is InChI=1S/C17H17NO/c1-18(14-7-3-2-4-8-14)15-10-11-16-13(12-15)6-5-9-17(16)19/h2-4,7-8,10-12H,5-6,9H2,1H3. The minimum absolute atomic E-state index is 0.287. The number of aryl methyl sites for hydroxylation is 1. The molecule has 0 atom stereocenters. The quantitative estimate of drug-likeness (QED) is 0.804. The van der Waals surface area contributed by atoms with Gasteiger partial charge >= 0.3 is 0 Å². The summed E-state index contributed by atoms with van der Waals surface area (Å²) < 4.78 is 0. The van der Waals surface area contributed by atoms with Crippen LogP contribution in [-0.4, -0.2) is 12.8 Å². The van der Waals surface area contributed by atoms with Gasteiger partial charge in [-0.05, 0) is 48.7 Å². The molecular weight excluding hydrogens is 234 g/mol. The summed E-state index contributed by atoms with van der Waals surface area (Å²) in [5.74, 6) is 0.287. The average Bonchev–Trinajstić information content (AvgIpc) is 2.47. The van der Waals surface area contributed by atoms with E-state index in [-0.39, 0.29) is 5.78 Å². The van der Waals surface area contributed by atoms with E-state index in [1.54, 1.807) is 0 Å². The van der Waals surface area contributed by atoms with Crippen molar-refractivity contribution in [2.24, 2.45) is 0 Å². The molecule has 96 valence electrons. The molecule has 19 heavy (non-hydrogen) atoms. The van der Waals surface area contributed by atoms with Crippen LogP contribution in [0.2, 0.25) is 0 Å². The molecule has 2 aromatic carbocycles. The van der Waals surface area contributed by atoms with Crippen LogP contribution in [0, 0.1) is 0 Å². The largest absolute Gasteiger partial charge is 0.345 e. The van der Waals surface area contributed by atoms with E-state index in [9.17, 15) is 4.79 Å². The number of fused-ring (bicyclic) bond motifs is 1. The van der Waals surface area contributed by atoms with Crippen LogP contribution in [0.25, 0.3) is 0 Å². The van der Waals surface area contributed by atoms with E-state index in [0.717, 1.165) is 29.8 Å². The molecule has 0 saturated heterocycles. The molecule has 0 heterocycles. The van der Waals surface area contributed by atoms with E-state index in [0.29, 0.717) is 6.42 Å². The second kappa shape index (κ2) is 4.88. The van der Waals surface area contributed by atoms with Crippen molar-refractivity contribution in [2.75, 3.05) is 11.9 Å². The highest BCUT2D eigenvalue weighted by Crippen LogP contribution is 2.29. The van der Waals surface area contributed by atoms with Crippen LogP contribution in [0.15, 0.2) is 48.5 Å². The Morgan fingerprint density at radius 3 is 2.53 bits per heavy atom. The molecule has 0 N–H and O–H groups in total. The Hall–Kier alpha value is -2.09. The molecule has 2 aromatic rings. The normalized spacial score (nSPS) is 14.1. The van der Waals surface area contributed by atoms with Gasteiger partial charge in [-0.25, -0.2) is 0 Å². The SMILES string of the molecule is CN(c1ccccc1)c1ccc2c(c1)CCCC2=O. The van der Waals surface area contributed by atoms with Gasteiger partial charge in [-0.15, -0.1) is 0 Å². The smallest absolute Gasteiger partial charge is 0.163 e. The summed E-state index contributed by atoms with van der Waals surface area (Å²) in [6.45, 7) is 0. The lowest BCUT2D eigenvalue weighted by molar-refractivity contribution is 0.0972. The summed E-state index contributed by atoms with van der Waals surface area (Å²) in [6.07, 6.45) is 2.68. The Morgan fingerprint density at radius 2 is 1.74 bits per heavy atom. The number of benzene rings is 2. The van der Waals surface area contributed by atoms with Crippen LogP contribution < -0.4 is 4.90 Å². The number of anilines is 2. The predicted molar refractivity (Wildman–Crippen MR) is 78.2 cm³/mol. The number of hydrogen-bond acceptors (Lipinski definition) is 2. The molecule has 0 saturated carbocycles. The Morgan fingerprint density at radius 1 is 0.947 bits per heavy atom. The molecule has 0 fully saturated rings. The van der Waals surface area contributed by atoms with Crippen LogP contribution in [-0.2, 0) is 6.42 Å². The fourth-order valence-corrected chi connectivity index (χ4v) is 2.64. The molecule has 2 heteroatoms. The minimum Gasteiger partial charge on any atom is -0.345 e. The minimum atomic E-state index is 0.287. The Labute approximate surface area is 113 Å². The van der Waals surface area contributed by atoms with Crippen molar-refractivity contribution in [3.63, 3.8) is 0 Å². The molecular formula is C17H17NO. The van der Waals surface area contributed by atoms with E-state index in [4.69, 9.17) is 0 Å². The molecule has 1 aliphatic rings. The predicted octanol–water partition coefficient (Wildman–Crippen LogP) is 3.97.